The summed E-state index contributed by atoms with van der Waals surface area (Å²) < 4.78 is 6.30. The predicted molar refractivity (Wildman–Crippen MR) is 71.6 cm³/mol. The summed E-state index contributed by atoms with van der Waals surface area (Å²) in [5.41, 5.74) is 1.34. The zero-order valence-electron chi connectivity index (χ0n) is 10.1. The van der Waals surface area contributed by atoms with E-state index < -0.39 is 0 Å². The molecular weight excluding hydrogens is 254 g/mol. The third-order valence-corrected chi connectivity index (χ3v) is 5.05. The molecule has 1 aromatic heterocycles. The molecule has 0 bridgehead atoms. The predicted octanol–water partition coefficient (Wildman–Crippen LogP) is 2.83. The Balaban J connectivity index is 1.96. The number of hydrogen-bond donors (Lipinski definition) is 1. The van der Waals surface area contributed by atoms with Crippen molar-refractivity contribution in [2.24, 2.45) is 0 Å². The fourth-order valence-corrected chi connectivity index (χ4v) is 4.53. The molecule has 2 rings (SSSR count). The van der Waals surface area contributed by atoms with Crippen molar-refractivity contribution < 1.29 is 9.53 Å². The molecular formula is C12H17NO2S2. The largest absolute Gasteiger partial charge is 0.465 e. The number of carbonyl (C=O) groups is 1. The second-order valence-corrected chi connectivity index (χ2v) is 6.69. The summed E-state index contributed by atoms with van der Waals surface area (Å²) in [6, 6.07) is 2.44. The van der Waals surface area contributed by atoms with Gasteiger partial charge in [0, 0.05) is 11.3 Å². The summed E-state index contributed by atoms with van der Waals surface area (Å²) in [6.45, 7) is 4.80. The van der Waals surface area contributed by atoms with Gasteiger partial charge >= 0.3 is 5.97 Å². The maximum atomic E-state index is 11.3. The van der Waals surface area contributed by atoms with Crippen LogP contribution in [0.3, 0.4) is 0 Å². The van der Waals surface area contributed by atoms with Gasteiger partial charge in [0.05, 0.1) is 17.4 Å². The van der Waals surface area contributed by atoms with Crippen LogP contribution < -0.4 is 5.32 Å². The van der Waals surface area contributed by atoms with Crippen LogP contribution in [0.25, 0.3) is 0 Å². The van der Waals surface area contributed by atoms with Crippen molar-refractivity contribution in [2.75, 3.05) is 13.2 Å². The lowest BCUT2D eigenvalue weighted by Gasteiger charge is -2.27. The van der Waals surface area contributed by atoms with E-state index in [4.69, 9.17) is 4.74 Å². The van der Waals surface area contributed by atoms with Gasteiger partial charge in [0.1, 0.15) is 0 Å². The topological polar surface area (TPSA) is 38.3 Å². The second-order valence-electron chi connectivity index (χ2n) is 4.07. The van der Waals surface area contributed by atoms with Gasteiger partial charge in [-0.25, -0.2) is 0 Å². The summed E-state index contributed by atoms with van der Waals surface area (Å²) in [6.07, 6.45) is 1.06. The lowest BCUT2D eigenvalue weighted by molar-refractivity contribution is -0.142. The van der Waals surface area contributed by atoms with E-state index in [-0.39, 0.29) is 12.0 Å². The van der Waals surface area contributed by atoms with E-state index in [0.717, 1.165) is 6.42 Å². The molecule has 0 aromatic carbocycles. The molecule has 94 valence electrons. The first-order valence-electron chi connectivity index (χ1n) is 5.83. The standard InChI is InChI=1S/C12H17NO2S2/c1-3-15-11(14)7-13-10-6-8(2)17-12-9(10)4-5-16-12/h4-5,8,10,13H,3,6-7H2,1-2H3/t8-,10?/m0/s1. The molecule has 3 nitrogen and oxygen atoms in total. The van der Waals surface area contributed by atoms with E-state index in [9.17, 15) is 4.79 Å². The zero-order chi connectivity index (χ0) is 12.3. The highest BCUT2D eigenvalue weighted by Gasteiger charge is 2.26. The first-order valence-corrected chi connectivity index (χ1v) is 7.59. The normalized spacial score (nSPS) is 23.2. The van der Waals surface area contributed by atoms with Gasteiger partial charge in [-0.15, -0.1) is 23.1 Å². The Morgan fingerprint density at radius 1 is 1.65 bits per heavy atom. The average Bonchev–Trinajstić information content (AvgIpc) is 2.74. The minimum Gasteiger partial charge on any atom is -0.465 e. The first-order chi connectivity index (χ1) is 8.20. The quantitative estimate of drug-likeness (QED) is 0.855. The maximum Gasteiger partial charge on any atom is 0.319 e. The van der Waals surface area contributed by atoms with Gasteiger partial charge < -0.3 is 4.74 Å². The second kappa shape index (κ2) is 5.89. The first kappa shape index (κ1) is 12.9. The summed E-state index contributed by atoms with van der Waals surface area (Å²) in [7, 11) is 0. The molecule has 0 saturated heterocycles. The Bertz CT molecular complexity index is 392. The molecule has 2 heterocycles. The molecule has 5 heteroatoms. The summed E-state index contributed by atoms with van der Waals surface area (Å²) >= 11 is 3.71. The van der Waals surface area contributed by atoms with Crippen LogP contribution in [0, 0.1) is 0 Å². The van der Waals surface area contributed by atoms with E-state index in [1.54, 1.807) is 11.3 Å². The number of hydrogen-bond acceptors (Lipinski definition) is 5. The van der Waals surface area contributed by atoms with Crippen molar-refractivity contribution in [1.29, 1.82) is 0 Å². The fourth-order valence-electron chi connectivity index (χ4n) is 1.96. The van der Waals surface area contributed by atoms with Gasteiger partial charge in [0.15, 0.2) is 0 Å². The molecule has 0 aliphatic carbocycles. The minimum atomic E-state index is -0.171. The molecule has 0 spiro atoms. The Kier molecular flexibility index (Phi) is 4.48. The van der Waals surface area contributed by atoms with Gasteiger partial charge in [-0.1, -0.05) is 6.92 Å². The van der Waals surface area contributed by atoms with Crippen molar-refractivity contribution in [3.05, 3.63) is 17.0 Å². The summed E-state index contributed by atoms with van der Waals surface area (Å²) in [4.78, 5) is 11.3. The number of thiophene rings is 1. The van der Waals surface area contributed by atoms with Crippen LogP contribution in [0.1, 0.15) is 31.9 Å². The van der Waals surface area contributed by atoms with E-state index in [1.807, 2.05) is 18.7 Å². The molecule has 1 aromatic rings. The van der Waals surface area contributed by atoms with Crippen LogP contribution in [0.15, 0.2) is 15.7 Å². The fraction of sp³-hybridized carbons (Fsp3) is 0.583. The molecule has 1 unspecified atom stereocenters. The van der Waals surface area contributed by atoms with Crippen molar-refractivity contribution in [1.82, 2.24) is 5.32 Å². The van der Waals surface area contributed by atoms with Crippen LogP contribution in [0.2, 0.25) is 0 Å². The Hall–Kier alpha value is -0.520. The van der Waals surface area contributed by atoms with Gasteiger partial charge in [0.25, 0.3) is 0 Å². The monoisotopic (exact) mass is 271 g/mol. The van der Waals surface area contributed by atoms with E-state index in [1.165, 1.54) is 9.77 Å². The van der Waals surface area contributed by atoms with Crippen LogP contribution >= 0.6 is 23.1 Å². The molecule has 0 radical (unpaired) electrons. The SMILES string of the molecule is CCOC(=O)CNC1C[C@H](C)Sc2sccc21. The number of carbonyl (C=O) groups excluding carboxylic acids is 1. The third kappa shape index (κ3) is 3.24. The van der Waals surface area contributed by atoms with Crippen LogP contribution in [0.4, 0.5) is 0 Å². The number of esters is 1. The van der Waals surface area contributed by atoms with Gasteiger partial charge in [-0.3, -0.25) is 10.1 Å². The highest BCUT2D eigenvalue weighted by molar-refractivity contribution is 8.01. The van der Waals surface area contributed by atoms with Gasteiger partial charge in [-0.2, -0.15) is 0 Å². The minimum absolute atomic E-state index is 0.171. The van der Waals surface area contributed by atoms with Crippen LogP contribution in [0.5, 0.6) is 0 Å². The molecule has 1 aliphatic heterocycles. The highest BCUT2D eigenvalue weighted by Crippen LogP contribution is 2.43. The van der Waals surface area contributed by atoms with Crippen molar-refractivity contribution >= 4 is 29.1 Å². The average molecular weight is 271 g/mol. The summed E-state index contributed by atoms with van der Waals surface area (Å²) in [5.74, 6) is -0.171. The number of thioether (sulfide) groups is 1. The number of nitrogens with one attached hydrogen (secondary N) is 1. The van der Waals surface area contributed by atoms with E-state index in [2.05, 4.69) is 23.7 Å². The van der Waals surface area contributed by atoms with E-state index in [0.29, 0.717) is 18.4 Å². The zero-order valence-corrected chi connectivity index (χ0v) is 11.7. The van der Waals surface area contributed by atoms with Crippen molar-refractivity contribution in [3.8, 4) is 0 Å². The Morgan fingerprint density at radius 3 is 3.24 bits per heavy atom. The highest BCUT2D eigenvalue weighted by atomic mass is 32.2. The van der Waals surface area contributed by atoms with Crippen LogP contribution in [-0.2, 0) is 9.53 Å². The summed E-state index contributed by atoms with van der Waals surface area (Å²) in [5, 5.41) is 6.02. The van der Waals surface area contributed by atoms with Crippen LogP contribution in [-0.4, -0.2) is 24.4 Å². The molecule has 0 saturated carbocycles. The van der Waals surface area contributed by atoms with Crippen molar-refractivity contribution in [3.63, 3.8) is 0 Å². The lowest BCUT2D eigenvalue weighted by atomic mass is 10.1. The third-order valence-electron chi connectivity index (χ3n) is 2.71. The smallest absolute Gasteiger partial charge is 0.319 e. The molecule has 2 atom stereocenters. The maximum absolute atomic E-state index is 11.3. The molecule has 1 N–H and O–H groups in total. The lowest BCUT2D eigenvalue weighted by Crippen LogP contribution is -2.31. The number of ether oxygens (including phenoxy) is 1. The molecule has 0 amide bonds. The molecule has 0 fully saturated rings. The molecule has 1 aliphatic rings. The molecule has 17 heavy (non-hydrogen) atoms. The van der Waals surface area contributed by atoms with E-state index >= 15 is 0 Å². The van der Waals surface area contributed by atoms with Crippen molar-refractivity contribution in [2.45, 2.75) is 35.8 Å². The Morgan fingerprint density at radius 2 is 2.47 bits per heavy atom. The number of rotatable bonds is 4. The van der Waals surface area contributed by atoms with Gasteiger partial charge in [-0.05, 0) is 30.4 Å². The number of fused-ring (bicyclic) bond motifs is 1. The Labute approximate surface area is 110 Å². The van der Waals surface area contributed by atoms with Gasteiger partial charge in [0.2, 0.25) is 0 Å².